The molecule has 3 rings (SSSR count). The lowest BCUT2D eigenvalue weighted by molar-refractivity contribution is 0.176. The summed E-state index contributed by atoms with van der Waals surface area (Å²) >= 11 is 0. The summed E-state index contributed by atoms with van der Waals surface area (Å²) in [6.45, 7) is 0.410. The van der Waals surface area contributed by atoms with Crippen molar-refractivity contribution < 1.29 is 9.53 Å². The zero-order chi connectivity index (χ0) is 13.1. The third kappa shape index (κ3) is 2.45. The highest BCUT2D eigenvalue weighted by Crippen LogP contribution is 2.29. The number of carbonyl (C=O) groups excluding carboxylic acids is 1. The second-order valence-electron chi connectivity index (χ2n) is 4.65. The van der Waals surface area contributed by atoms with Crippen molar-refractivity contribution in [2.24, 2.45) is 0 Å². The van der Waals surface area contributed by atoms with Gasteiger partial charge in [0.05, 0.1) is 6.04 Å². The monoisotopic (exact) mass is 253 g/mol. The highest BCUT2D eigenvalue weighted by molar-refractivity contribution is 5.70. The second kappa shape index (κ2) is 5.14. The Morgan fingerprint density at radius 2 is 1.47 bits per heavy atom. The molecule has 1 aliphatic heterocycles. The quantitative estimate of drug-likeness (QED) is 0.913. The summed E-state index contributed by atoms with van der Waals surface area (Å²) in [5.74, 6) is 0.119. The zero-order valence-electron chi connectivity index (χ0n) is 10.5. The third-order valence-corrected chi connectivity index (χ3v) is 3.42. The Balaban J connectivity index is 1.99. The standard InChI is InChI=1S/C16H15NO2/c18-16-17-14(11-19-16)15(12-7-3-1-4-8-12)13-9-5-2-6-10-13/h1-10,14-15H,11H2,(H,17,18)/t14-/m0/s1. The Kier molecular flexibility index (Phi) is 3.19. The smallest absolute Gasteiger partial charge is 0.407 e. The van der Waals surface area contributed by atoms with Crippen LogP contribution in [-0.4, -0.2) is 18.7 Å². The number of rotatable bonds is 3. The lowest BCUT2D eigenvalue weighted by Gasteiger charge is -2.22. The molecule has 96 valence electrons. The molecule has 1 fully saturated rings. The fourth-order valence-corrected chi connectivity index (χ4v) is 2.56. The minimum absolute atomic E-state index is 0.0164. The number of carbonyl (C=O) groups is 1. The fraction of sp³-hybridized carbons (Fsp3) is 0.188. The number of hydrogen-bond acceptors (Lipinski definition) is 2. The predicted molar refractivity (Wildman–Crippen MR) is 73.0 cm³/mol. The highest BCUT2D eigenvalue weighted by atomic mass is 16.6. The van der Waals surface area contributed by atoms with E-state index in [9.17, 15) is 4.79 Å². The van der Waals surface area contributed by atoms with E-state index >= 15 is 0 Å². The third-order valence-electron chi connectivity index (χ3n) is 3.42. The molecule has 1 saturated heterocycles. The van der Waals surface area contributed by atoms with Crippen LogP contribution in [0.5, 0.6) is 0 Å². The fourth-order valence-electron chi connectivity index (χ4n) is 2.56. The Hall–Kier alpha value is -2.29. The van der Waals surface area contributed by atoms with Crippen LogP contribution in [0.15, 0.2) is 60.7 Å². The van der Waals surface area contributed by atoms with Crippen LogP contribution in [0, 0.1) is 0 Å². The predicted octanol–water partition coefficient (Wildman–Crippen LogP) is 2.93. The average molecular weight is 253 g/mol. The van der Waals surface area contributed by atoms with Crippen molar-refractivity contribution in [3.8, 4) is 0 Å². The van der Waals surface area contributed by atoms with Gasteiger partial charge >= 0.3 is 6.09 Å². The maximum absolute atomic E-state index is 11.3. The molecule has 1 aliphatic rings. The van der Waals surface area contributed by atoms with Gasteiger partial charge in [0.15, 0.2) is 0 Å². The molecular weight excluding hydrogens is 238 g/mol. The van der Waals surface area contributed by atoms with E-state index in [0.717, 1.165) is 0 Å². The molecule has 0 saturated carbocycles. The first-order chi connectivity index (χ1) is 9.34. The molecule has 0 aromatic heterocycles. The van der Waals surface area contributed by atoms with Crippen LogP contribution in [0.25, 0.3) is 0 Å². The van der Waals surface area contributed by atoms with E-state index in [2.05, 4.69) is 29.6 Å². The van der Waals surface area contributed by atoms with Crippen molar-refractivity contribution in [1.82, 2.24) is 5.32 Å². The molecule has 0 unspecified atom stereocenters. The van der Waals surface area contributed by atoms with Crippen molar-refractivity contribution in [3.63, 3.8) is 0 Å². The normalized spacial score (nSPS) is 18.2. The molecular formula is C16H15NO2. The molecule has 0 spiro atoms. The van der Waals surface area contributed by atoms with Crippen molar-refractivity contribution in [2.75, 3.05) is 6.61 Å². The summed E-state index contributed by atoms with van der Waals surface area (Å²) in [6.07, 6.45) is -0.332. The molecule has 0 aliphatic carbocycles. The Labute approximate surface area is 112 Å². The van der Waals surface area contributed by atoms with Crippen LogP contribution in [0.2, 0.25) is 0 Å². The summed E-state index contributed by atoms with van der Waals surface area (Å²) in [5.41, 5.74) is 2.37. The molecule has 1 N–H and O–H groups in total. The van der Waals surface area contributed by atoms with Crippen LogP contribution < -0.4 is 5.32 Å². The summed E-state index contributed by atoms with van der Waals surface area (Å²) in [4.78, 5) is 11.3. The minimum atomic E-state index is -0.332. The summed E-state index contributed by atoms with van der Waals surface area (Å²) in [5, 5.41) is 2.89. The number of ether oxygens (including phenoxy) is 1. The first-order valence-corrected chi connectivity index (χ1v) is 6.38. The van der Waals surface area contributed by atoms with Crippen molar-refractivity contribution >= 4 is 6.09 Å². The SMILES string of the molecule is O=C1N[C@H](C(c2ccccc2)c2ccccc2)CO1. The Morgan fingerprint density at radius 1 is 0.947 bits per heavy atom. The molecule has 0 bridgehead atoms. The average Bonchev–Trinajstić information content (AvgIpc) is 2.88. The number of amides is 1. The van der Waals surface area contributed by atoms with E-state index in [1.165, 1.54) is 11.1 Å². The van der Waals surface area contributed by atoms with E-state index in [4.69, 9.17) is 4.74 Å². The van der Waals surface area contributed by atoms with Gasteiger partial charge in [0, 0.05) is 5.92 Å². The second-order valence-corrected chi connectivity index (χ2v) is 4.65. The van der Waals surface area contributed by atoms with E-state index in [-0.39, 0.29) is 18.1 Å². The van der Waals surface area contributed by atoms with Gasteiger partial charge < -0.3 is 10.1 Å². The molecule has 2 aromatic carbocycles. The van der Waals surface area contributed by atoms with E-state index in [0.29, 0.717) is 6.61 Å². The van der Waals surface area contributed by atoms with Gasteiger partial charge in [-0.25, -0.2) is 4.79 Å². The minimum Gasteiger partial charge on any atom is -0.447 e. The number of alkyl carbamates (subject to hydrolysis) is 1. The van der Waals surface area contributed by atoms with Gasteiger partial charge in [-0.3, -0.25) is 0 Å². The lowest BCUT2D eigenvalue weighted by Crippen LogP contribution is -2.33. The lowest BCUT2D eigenvalue weighted by atomic mass is 9.85. The molecule has 0 radical (unpaired) electrons. The molecule has 1 atom stereocenters. The first kappa shape index (κ1) is 11.8. The van der Waals surface area contributed by atoms with E-state index < -0.39 is 0 Å². The van der Waals surface area contributed by atoms with Crippen LogP contribution >= 0.6 is 0 Å². The van der Waals surface area contributed by atoms with Crippen LogP contribution in [0.1, 0.15) is 17.0 Å². The topological polar surface area (TPSA) is 38.3 Å². The van der Waals surface area contributed by atoms with Crippen LogP contribution in [-0.2, 0) is 4.74 Å². The van der Waals surface area contributed by atoms with Gasteiger partial charge in [0.25, 0.3) is 0 Å². The summed E-state index contributed by atoms with van der Waals surface area (Å²) in [6, 6.07) is 20.4. The molecule has 19 heavy (non-hydrogen) atoms. The maximum atomic E-state index is 11.3. The van der Waals surface area contributed by atoms with E-state index in [1.54, 1.807) is 0 Å². The van der Waals surface area contributed by atoms with Gasteiger partial charge in [0.2, 0.25) is 0 Å². The number of hydrogen-bond donors (Lipinski definition) is 1. The van der Waals surface area contributed by atoms with Crippen molar-refractivity contribution in [2.45, 2.75) is 12.0 Å². The van der Waals surface area contributed by atoms with Gasteiger partial charge in [-0.2, -0.15) is 0 Å². The Bertz CT molecular complexity index is 514. The van der Waals surface area contributed by atoms with Gasteiger partial charge in [-0.15, -0.1) is 0 Å². The van der Waals surface area contributed by atoms with Crippen LogP contribution in [0.4, 0.5) is 4.79 Å². The zero-order valence-corrected chi connectivity index (χ0v) is 10.5. The molecule has 1 amide bonds. The molecule has 2 aromatic rings. The van der Waals surface area contributed by atoms with Crippen molar-refractivity contribution in [1.29, 1.82) is 0 Å². The van der Waals surface area contributed by atoms with Crippen LogP contribution in [0.3, 0.4) is 0 Å². The first-order valence-electron chi connectivity index (χ1n) is 6.38. The van der Waals surface area contributed by atoms with E-state index in [1.807, 2.05) is 36.4 Å². The van der Waals surface area contributed by atoms with Gasteiger partial charge in [-0.05, 0) is 11.1 Å². The highest BCUT2D eigenvalue weighted by Gasteiger charge is 2.32. The molecule has 3 heteroatoms. The number of cyclic esters (lactones) is 1. The summed E-state index contributed by atoms with van der Waals surface area (Å²) < 4.78 is 5.04. The maximum Gasteiger partial charge on any atom is 0.407 e. The van der Waals surface area contributed by atoms with Gasteiger partial charge in [0.1, 0.15) is 6.61 Å². The summed E-state index contributed by atoms with van der Waals surface area (Å²) in [7, 11) is 0. The molecule has 3 nitrogen and oxygen atoms in total. The largest absolute Gasteiger partial charge is 0.447 e. The van der Waals surface area contributed by atoms with Gasteiger partial charge in [-0.1, -0.05) is 60.7 Å². The number of benzene rings is 2. The van der Waals surface area contributed by atoms with Crippen molar-refractivity contribution in [3.05, 3.63) is 71.8 Å². The number of nitrogens with one attached hydrogen (secondary N) is 1. The Morgan fingerprint density at radius 3 is 1.89 bits per heavy atom. The molecule has 1 heterocycles.